The van der Waals surface area contributed by atoms with Crippen molar-refractivity contribution in [2.45, 2.75) is 32.7 Å². The smallest absolute Gasteiger partial charge is 0.261 e. The summed E-state index contributed by atoms with van der Waals surface area (Å²) in [5, 5.41) is 0. The first-order valence-corrected chi connectivity index (χ1v) is 12.6. The lowest BCUT2D eigenvalue weighted by molar-refractivity contribution is 0.0652. The van der Waals surface area contributed by atoms with E-state index in [9.17, 15) is 9.59 Å². The summed E-state index contributed by atoms with van der Waals surface area (Å²) >= 11 is 0. The third kappa shape index (κ3) is 5.93. The molecule has 34 heavy (non-hydrogen) atoms. The average molecular weight is 463 g/mol. The molecule has 0 aliphatic carbocycles. The third-order valence-electron chi connectivity index (χ3n) is 7.24. The molecular formula is C28H38N4O2. The van der Waals surface area contributed by atoms with Gasteiger partial charge in [0.15, 0.2) is 0 Å². The number of carbonyl (C=O) groups excluding carboxylic acids is 2. The fourth-order valence-electron chi connectivity index (χ4n) is 4.79. The number of benzene rings is 2. The van der Waals surface area contributed by atoms with Gasteiger partial charge in [0.2, 0.25) is 0 Å². The molecule has 1 saturated heterocycles. The van der Waals surface area contributed by atoms with Gasteiger partial charge >= 0.3 is 0 Å². The number of nitrogens with zero attached hydrogens (tertiary/aromatic N) is 4. The second kappa shape index (κ2) is 11.3. The highest BCUT2D eigenvalue weighted by molar-refractivity contribution is 6.21. The standard InChI is InChI=1S/C28H38N4O2/c1-22-11-12-23(20-24(22)21-31-18-16-29(2)14-15-30(3)17-19-31)8-6-7-13-32-27(33)25-9-4-5-10-26(25)28(32)34/h4-5,9-12,20H,6-8,13-19,21H2,1-3H3. The van der Waals surface area contributed by atoms with Gasteiger partial charge in [0.1, 0.15) is 0 Å². The lowest BCUT2D eigenvalue weighted by Crippen LogP contribution is -2.34. The van der Waals surface area contributed by atoms with Crippen LogP contribution in [0.4, 0.5) is 0 Å². The van der Waals surface area contributed by atoms with E-state index in [1.165, 1.54) is 21.6 Å². The lowest BCUT2D eigenvalue weighted by Gasteiger charge is -2.25. The number of hydrogen-bond donors (Lipinski definition) is 0. The Morgan fingerprint density at radius 2 is 1.35 bits per heavy atom. The van der Waals surface area contributed by atoms with Gasteiger partial charge in [-0.15, -0.1) is 0 Å². The van der Waals surface area contributed by atoms with Gasteiger partial charge in [-0.3, -0.25) is 19.4 Å². The molecule has 182 valence electrons. The number of unbranched alkanes of at least 4 members (excludes halogenated alkanes) is 1. The van der Waals surface area contributed by atoms with Crippen molar-refractivity contribution in [1.29, 1.82) is 0 Å². The zero-order chi connectivity index (χ0) is 24.1. The molecule has 0 saturated carbocycles. The summed E-state index contributed by atoms with van der Waals surface area (Å²) in [6.07, 6.45) is 2.73. The molecule has 2 aliphatic rings. The molecule has 4 rings (SSSR count). The Hall–Kier alpha value is -2.54. The fraction of sp³-hybridized carbons (Fsp3) is 0.500. The van der Waals surface area contributed by atoms with Gasteiger partial charge in [-0.25, -0.2) is 0 Å². The zero-order valence-corrected chi connectivity index (χ0v) is 20.9. The van der Waals surface area contributed by atoms with Crippen molar-refractivity contribution >= 4 is 11.8 Å². The molecule has 6 nitrogen and oxygen atoms in total. The average Bonchev–Trinajstić information content (AvgIpc) is 3.12. The number of imide groups is 1. The van der Waals surface area contributed by atoms with Gasteiger partial charge in [-0.2, -0.15) is 0 Å². The predicted molar refractivity (Wildman–Crippen MR) is 136 cm³/mol. The van der Waals surface area contributed by atoms with Crippen molar-refractivity contribution in [1.82, 2.24) is 19.6 Å². The monoisotopic (exact) mass is 462 g/mol. The summed E-state index contributed by atoms with van der Waals surface area (Å²) in [7, 11) is 4.43. The summed E-state index contributed by atoms with van der Waals surface area (Å²) < 4.78 is 0. The first-order chi connectivity index (χ1) is 16.4. The minimum atomic E-state index is -0.154. The van der Waals surface area contributed by atoms with E-state index in [2.05, 4.69) is 53.9 Å². The maximum Gasteiger partial charge on any atom is 0.261 e. The predicted octanol–water partition coefficient (Wildman–Crippen LogP) is 3.29. The van der Waals surface area contributed by atoms with Crippen LogP contribution < -0.4 is 0 Å². The van der Waals surface area contributed by atoms with E-state index < -0.39 is 0 Å². The van der Waals surface area contributed by atoms with Gasteiger partial charge < -0.3 is 9.80 Å². The molecule has 0 atom stereocenters. The highest BCUT2D eigenvalue weighted by atomic mass is 16.2. The molecule has 0 bridgehead atoms. The summed E-state index contributed by atoms with van der Waals surface area (Å²) in [4.78, 5) is 33.9. The molecule has 2 aliphatic heterocycles. The SMILES string of the molecule is Cc1ccc(CCCCN2C(=O)c3ccccc3C2=O)cc1CN1CCN(C)CCN(C)CC1. The Morgan fingerprint density at radius 1 is 0.765 bits per heavy atom. The second-order valence-corrected chi connectivity index (χ2v) is 9.91. The van der Waals surface area contributed by atoms with Crippen LogP contribution in [0, 0.1) is 6.92 Å². The lowest BCUT2D eigenvalue weighted by atomic mass is 10.0. The van der Waals surface area contributed by atoms with Crippen molar-refractivity contribution in [3.63, 3.8) is 0 Å². The number of amides is 2. The van der Waals surface area contributed by atoms with Crippen LogP contribution in [0.1, 0.15) is 50.2 Å². The first-order valence-electron chi connectivity index (χ1n) is 12.6. The molecule has 0 radical (unpaired) electrons. The van der Waals surface area contributed by atoms with Crippen molar-refractivity contribution < 1.29 is 9.59 Å². The van der Waals surface area contributed by atoms with E-state index in [1.807, 2.05) is 12.1 Å². The third-order valence-corrected chi connectivity index (χ3v) is 7.24. The largest absolute Gasteiger partial charge is 0.304 e. The maximum absolute atomic E-state index is 12.5. The van der Waals surface area contributed by atoms with E-state index in [-0.39, 0.29) is 11.8 Å². The molecule has 0 unspecified atom stereocenters. The molecule has 0 N–H and O–H groups in total. The number of carbonyl (C=O) groups is 2. The summed E-state index contributed by atoms with van der Waals surface area (Å²) in [6.45, 7) is 10.3. The van der Waals surface area contributed by atoms with E-state index in [4.69, 9.17) is 0 Å². The Bertz CT molecular complexity index is 972. The molecular weight excluding hydrogens is 424 g/mol. The highest BCUT2D eigenvalue weighted by Crippen LogP contribution is 2.23. The molecule has 0 spiro atoms. The minimum Gasteiger partial charge on any atom is -0.304 e. The molecule has 2 amide bonds. The normalized spacial score (nSPS) is 18.6. The van der Waals surface area contributed by atoms with Gasteiger partial charge in [0, 0.05) is 52.4 Å². The quantitative estimate of drug-likeness (QED) is 0.467. The van der Waals surface area contributed by atoms with Crippen LogP contribution in [-0.2, 0) is 13.0 Å². The van der Waals surface area contributed by atoms with E-state index in [0.717, 1.165) is 65.1 Å². The van der Waals surface area contributed by atoms with E-state index >= 15 is 0 Å². The maximum atomic E-state index is 12.5. The number of hydrogen-bond acceptors (Lipinski definition) is 5. The first kappa shape index (κ1) is 24.6. The van der Waals surface area contributed by atoms with Crippen molar-refractivity contribution in [2.24, 2.45) is 0 Å². The molecule has 1 fully saturated rings. The van der Waals surface area contributed by atoms with Crippen LogP contribution in [-0.4, -0.2) is 91.3 Å². The van der Waals surface area contributed by atoms with Gasteiger partial charge in [-0.1, -0.05) is 30.3 Å². The molecule has 0 aromatic heterocycles. The highest BCUT2D eigenvalue weighted by Gasteiger charge is 2.34. The van der Waals surface area contributed by atoms with Gasteiger partial charge in [0.05, 0.1) is 11.1 Å². The van der Waals surface area contributed by atoms with Crippen molar-refractivity contribution in [3.05, 3.63) is 70.3 Å². The van der Waals surface area contributed by atoms with Gasteiger partial charge in [0.25, 0.3) is 11.8 Å². The second-order valence-electron chi connectivity index (χ2n) is 9.91. The Balaban J connectivity index is 1.30. The van der Waals surface area contributed by atoms with Crippen molar-refractivity contribution in [3.8, 4) is 0 Å². The fourth-order valence-corrected chi connectivity index (χ4v) is 4.79. The topological polar surface area (TPSA) is 47.1 Å². The minimum absolute atomic E-state index is 0.154. The van der Waals surface area contributed by atoms with Crippen LogP contribution in [0.2, 0.25) is 0 Å². The van der Waals surface area contributed by atoms with Crippen molar-refractivity contribution in [2.75, 3.05) is 59.9 Å². The van der Waals surface area contributed by atoms with Crippen LogP contribution in [0.3, 0.4) is 0 Å². The molecule has 2 aromatic carbocycles. The Labute approximate surface area is 204 Å². The van der Waals surface area contributed by atoms with Crippen LogP contribution in [0.15, 0.2) is 42.5 Å². The number of fused-ring (bicyclic) bond motifs is 1. The molecule has 2 heterocycles. The summed E-state index contributed by atoms with van der Waals surface area (Å²) in [6, 6.07) is 13.9. The number of likely N-dealkylation sites (N-methyl/N-ethyl adjacent to an activating group) is 2. The summed E-state index contributed by atoms with van der Waals surface area (Å²) in [5.74, 6) is -0.308. The molecule has 6 heteroatoms. The number of rotatable bonds is 7. The Kier molecular flexibility index (Phi) is 8.14. The van der Waals surface area contributed by atoms with Crippen LogP contribution in [0.5, 0.6) is 0 Å². The van der Waals surface area contributed by atoms with Crippen LogP contribution >= 0.6 is 0 Å². The zero-order valence-electron chi connectivity index (χ0n) is 20.9. The van der Waals surface area contributed by atoms with Crippen LogP contribution in [0.25, 0.3) is 0 Å². The Morgan fingerprint density at radius 3 is 1.97 bits per heavy atom. The summed E-state index contributed by atoms with van der Waals surface area (Å²) in [5.41, 5.74) is 5.15. The van der Waals surface area contributed by atoms with Gasteiger partial charge in [-0.05, 0) is 69.1 Å². The van der Waals surface area contributed by atoms with E-state index in [1.54, 1.807) is 12.1 Å². The van der Waals surface area contributed by atoms with E-state index in [0.29, 0.717) is 17.7 Å². The molecule has 2 aromatic rings. The number of aryl methyl sites for hydroxylation is 2.